The van der Waals surface area contributed by atoms with Crippen LogP contribution >= 0.6 is 11.6 Å². The van der Waals surface area contributed by atoms with E-state index in [0.29, 0.717) is 0 Å². The molecule has 0 amide bonds. The molecule has 20 heavy (non-hydrogen) atoms. The van der Waals surface area contributed by atoms with Gasteiger partial charge in [-0.15, -0.1) is 11.6 Å². The van der Waals surface area contributed by atoms with Crippen LogP contribution in [0.2, 0.25) is 0 Å². The third-order valence-corrected chi connectivity index (χ3v) is 4.42. The Morgan fingerprint density at radius 1 is 1.35 bits per heavy atom. The first kappa shape index (κ1) is 17.3. The van der Waals surface area contributed by atoms with E-state index in [2.05, 4.69) is 4.72 Å². The Kier molecular flexibility index (Phi) is 5.85. The van der Waals surface area contributed by atoms with Gasteiger partial charge in [-0.25, -0.2) is 13.1 Å². The zero-order valence-corrected chi connectivity index (χ0v) is 12.3. The fraction of sp³-hybridized carbons (Fsp3) is 0.500. The Labute approximate surface area is 121 Å². The van der Waals surface area contributed by atoms with Gasteiger partial charge in [-0.05, 0) is 31.0 Å². The zero-order chi connectivity index (χ0) is 15.4. The van der Waals surface area contributed by atoms with Crippen molar-refractivity contribution in [3.8, 4) is 0 Å². The topological polar surface area (TPSA) is 46.2 Å². The molecule has 0 fully saturated rings. The smallest absolute Gasteiger partial charge is 0.212 e. The second kappa shape index (κ2) is 6.78. The predicted octanol–water partition coefficient (Wildman–Crippen LogP) is 3.31. The molecular formula is C12H15ClF3NO2S. The molecule has 1 rings (SSSR count). The van der Waals surface area contributed by atoms with Crippen molar-refractivity contribution in [2.75, 3.05) is 11.6 Å². The molecule has 114 valence electrons. The Morgan fingerprint density at radius 3 is 2.55 bits per heavy atom. The van der Waals surface area contributed by atoms with Gasteiger partial charge in [0.25, 0.3) is 0 Å². The van der Waals surface area contributed by atoms with E-state index >= 15 is 0 Å². The average Bonchev–Trinajstić information content (AvgIpc) is 2.35. The van der Waals surface area contributed by atoms with Gasteiger partial charge in [0.05, 0.1) is 11.3 Å². The maximum absolute atomic E-state index is 12.6. The third-order valence-electron chi connectivity index (χ3n) is 2.62. The minimum Gasteiger partial charge on any atom is -0.212 e. The largest absolute Gasteiger partial charge is 0.416 e. The van der Waals surface area contributed by atoms with Crippen LogP contribution in [0, 0.1) is 0 Å². The summed E-state index contributed by atoms with van der Waals surface area (Å²) in [7, 11) is -3.56. The molecule has 0 aliphatic rings. The van der Waals surface area contributed by atoms with Crippen LogP contribution < -0.4 is 4.72 Å². The van der Waals surface area contributed by atoms with E-state index in [-0.39, 0.29) is 23.6 Å². The highest BCUT2D eigenvalue weighted by molar-refractivity contribution is 7.89. The molecule has 0 saturated heterocycles. The zero-order valence-electron chi connectivity index (χ0n) is 10.7. The molecule has 1 unspecified atom stereocenters. The number of hydrogen-bond acceptors (Lipinski definition) is 2. The lowest BCUT2D eigenvalue weighted by molar-refractivity contribution is -0.137. The van der Waals surface area contributed by atoms with Crippen molar-refractivity contribution in [1.82, 2.24) is 4.72 Å². The summed E-state index contributed by atoms with van der Waals surface area (Å²) in [5.74, 6) is 0.0542. The molecule has 1 aromatic carbocycles. The summed E-state index contributed by atoms with van der Waals surface area (Å²) >= 11 is 5.41. The molecule has 0 aromatic heterocycles. The molecule has 0 aliphatic heterocycles. The SMILES string of the molecule is CC(NS(=O)(=O)CCCCl)c1cccc(C(F)(F)F)c1. The molecule has 0 bridgehead atoms. The second-order valence-electron chi connectivity index (χ2n) is 4.32. The fourth-order valence-electron chi connectivity index (χ4n) is 1.63. The molecule has 0 heterocycles. The van der Waals surface area contributed by atoms with E-state index in [9.17, 15) is 21.6 Å². The van der Waals surface area contributed by atoms with E-state index in [4.69, 9.17) is 11.6 Å². The molecule has 1 aromatic rings. The number of hydrogen-bond donors (Lipinski definition) is 1. The van der Waals surface area contributed by atoms with E-state index in [1.165, 1.54) is 19.1 Å². The monoisotopic (exact) mass is 329 g/mol. The molecule has 0 spiro atoms. The maximum Gasteiger partial charge on any atom is 0.416 e. The minimum absolute atomic E-state index is 0.153. The third kappa shape index (κ3) is 5.30. The van der Waals surface area contributed by atoms with Crippen molar-refractivity contribution in [2.24, 2.45) is 0 Å². The Morgan fingerprint density at radius 2 is 2.00 bits per heavy atom. The van der Waals surface area contributed by atoms with Gasteiger partial charge in [-0.3, -0.25) is 0 Å². The molecule has 3 nitrogen and oxygen atoms in total. The van der Waals surface area contributed by atoms with Crippen molar-refractivity contribution in [3.63, 3.8) is 0 Å². The van der Waals surface area contributed by atoms with Crippen LogP contribution in [0.25, 0.3) is 0 Å². The lowest BCUT2D eigenvalue weighted by atomic mass is 10.1. The van der Waals surface area contributed by atoms with Gasteiger partial charge in [0, 0.05) is 11.9 Å². The molecule has 8 heteroatoms. The van der Waals surface area contributed by atoms with Crippen molar-refractivity contribution < 1.29 is 21.6 Å². The molecule has 1 N–H and O–H groups in total. The Balaban J connectivity index is 2.85. The van der Waals surface area contributed by atoms with E-state index < -0.39 is 27.8 Å². The van der Waals surface area contributed by atoms with Crippen molar-refractivity contribution in [2.45, 2.75) is 25.6 Å². The molecule has 0 saturated carbocycles. The van der Waals surface area contributed by atoms with Crippen molar-refractivity contribution >= 4 is 21.6 Å². The van der Waals surface area contributed by atoms with E-state index in [1.54, 1.807) is 0 Å². The van der Waals surface area contributed by atoms with Crippen LogP contribution in [0.15, 0.2) is 24.3 Å². The molecule has 1 atom stereocenters. The first-order valence-corrected chi connectivity index (χ1v) is 8.07. The van der Waals surface area contributed by atoms with Gasteiger partial charge in [0.15, 0.2) is 0 Å². The van der Waals surface area contributed by atoms with Crippen LogP contribution in [0.5, 0.6) is 0 Å². The lowest BCUT2D eigenvalue weighted by Gasteiger charge is -2.16. The van der Waals surface area contributed by atoms with Gasteiger partial charge >= 0.3 is 6.18 Å². The highest BCUT2D eigenvalue weighted by atomic mass is 35.5. The molecule has 0 aliphatic carbocycles. The number of halogens is 4. The average molecular weight is 330 g/mol. The fourth-order valence-corrected chi connectivity index (χ4v) is 3.23. The van der Waals surface area contributed by atoms with Crippen molar-refractivity contribution in [1.29, 1.82) is 0 Å². The van der Waals surface area contributed by atoms with Crippen LogP contribution in [0.4, 0.5) is 13.2 Å². The van der Waals surface area contributed by atoms with Crippen LogP contribution in [0.3, 0.4) is 0 Å². The summed E-state index contributed by atoms with van der Waals surface area (Å²) in [4.78, 5) is 0. The van der Waals surface area contributed by atoms with Crippen LogP contribution in [-0.4, -0.2) is 20.1 Å². The van der Waals surface area contributed by atoms with E-state index in [0.717, 1.165) is 12.1 Å². The van der Waals surface area contributed by atoms with E-state index in [1.807, 2.05) is 0 Å². The van der Waals surface area contributed by atoms with Gasteiger partial charge < -0.3 is 0 Å². The first-order chi connectivity index (χ1) is 9.15. The summed E-state index contributed by atoms with van der Waals surface area (Å²) in [5, 5.41) is 0. The summed E-state index contributed by atoms with van der Waals surface area (Å²) < 4.78 is 63.4. The highest BCUT2D eigenvalue weighted by Gasteiger charge is 2.30. The quantitative estimate of drug-likeness (QED) is 0.814. The number of rotatable bonds is 6. The van der Waals surface area contributed by atoms with Crippen molar-refractivity contribution in [3.05, 3.63) is 35.4 Å². The highest BCUT2D eigenvalue weighted by Crippen LogP contribution is 2.30. The lowest BCUT2D eigenvalue weighted by Crippen LogP contribution is -2.29. The summed E-state index contributed by atoms with van der Waals surface area (Å²) in [6.07, 6.45) is -4.17. The van der Waals surface area contributed by atoms with Crippen LogP contribution in [-0.2, 0) is 16.2 Å². The van der Waals surface area contributed by atoms with Gasteiger partial charge in [0.1, 0.15) is 0 Å². The Hall–Kier alpha value is -0.790. The number of benzene rings is 1. The minimum atomic E-state index is -4.45. The Bertz CT molecular complexity index is 546. The van der Waals surface area contributed by atoms with Crippen LogP contribution in [0.1, 0.15) is 30.5 Å². The second-order valence-corrected chi connectivity index (χ2v) is 6.58. The summed E-state index contributed by atoms with van der Waals surface area (Å²) in [5.41, 5.74) is -0.545. The number of alkyl halides is 4. The predicted molar refractivity (Wildman–Crippen MR) is 72.1 cm³/mol. The maximum atomic E-state index is 12.6. The number of sulfonamides is 1. The number of nitrogens with one attached hydrogen (secondary N) is 1. The standard InChI is InChI=1S/C12H15ClF3NO2S/c1-9(17-20(18,19)7-3-6-13)10-4-2-5-11(8-10)12(14,15)16/h2,4-5,8-9,17H,3,6-7H2,1H3. The normalized spacial score (nSPS) is 14.2. The van der Waals surface area contributed by atoms with Gasteiger partial charge in [-0.2, -0.15) is 13.2 Å². The summed E-state index contributed by atoms with van der Waals surface area (Å²) in [6.45, 7) is 1.49. The molecule has 0 radical (unpaired) electrons. The summed E-state index contributed by atoms with van der Waals surface area (Å²) in [6, 6.07) is 3.84. The first-order valence-electron chi connectivity index (χ1n) is 5.89. The molecular weight excluding hydrogens is 315 g/mol. The van der Waals surface area contributed by atoms with Gasteiger partial charge in [0.2, 0.25) is 10.0 Å². The van der Waals surface area contributed by atoms with Gasteiger partial charge in [-0.1, -0.05) is 12.1 Å².